The number of pyridine rings is 1. The number of hydrogen-bond donors (Lipinski definition) is 0. The molecule has 0 fully saturated rings. The third kappa shape index (κ3) is 2.56. The van der Waals surface area contributed by atoms with E-state index in [1.165, 1.54) is 0 Å². The quantitative estimate of drug-likeness (QED) is 0.737. The van der Waals surface area contributed by atoms with Crippen molar-refractivity contribution in [2.45, 2.75) is 26.3 Å². The molecular formula is C17H17FN2S. The van der Waals surface area contributed by atoms with Gasteiger partial charge in [0.2, 0.25) is 0 Å². The minimum atomic E-state index is -0.0107. The average molecular weight is 300 g/mol. The third-order valence-electron chi connectivity index (χ3n) is 3.86. The molecule has 0 aliphatic carbocycles. The molecule has 21 heavy (non-hydrogen) atoms. The van der Waals surface area contributed by atoms with Crippen molar-refractivity contribution in [3.8, 4) is 0 Å². The molecule has 1 aromatic heterocycles. The Morgan fingerprint density at radius 2 is 2.00 bits per heavy atom. The highest BCUT2D eigenvalue weighted by molar-refractivity contribution is 7.95. The first-order chi connectivity index (χ1) is 10.1. The Morgan fingerprint density at radius 1 is 1.29 bits per heavy atom. The minimum Gasteiger partial charge on any atom is -0.265 e. The maximum Gasteiger partial charge on any atom is 0.167 e. The van der Waals surface area contributed by atoms with Gasteiger partial charge in [0.25, 0.3) is 0 Å². The summed E-state index contributed by atoms with van der Waals surface area (Å²) in [5, 5.41) is 0. The molecule has 2 heterocycles. The van der Waals surface area contributed by atoms with Gasteiger partial charge in [0.1, 0.15) is 5.82 Å². The topological polar surface area (TPSA) is 16.1 Å². The van der Waals surface area contributed by atoms with Crippen LogP contribution in [0, 0.1) is 6.92 Å². The van der Waals surface area contributed by atoms with Gasteiger partial charge in [-0.3, -0.25) is 4.31 Å². The molecule has 1 aromatic carbocycles. The molecule has 3 rings (SSSR count). The molecule has 0 saturated heterocycles. The van der Waals surface area contributed by atoms with Crippen LogP contribution in [-0.4, -0.2) is 4.98 Å². The zero-order valence-electron chi connectivity index (χ0n) is 12.1. The molecule has 0 saturated carbocycles. The van der Waals surface area contributed by atoms with Crippen molar-refractivity contribution in [2.75, 3.05) is 4.31 Å². The van der Waals surface area contributed by atoms with Crippen molar-refractivity contribution in [1.29, 1.82) is 0 Å². The van der Waals surface area contributed by atoms with Crippen LogP contribution in [0.2, 0.25) is 0 Å². The monoisotopic (exact) mass is 300 g/mol. The van der Waals surface area contributed by atoms with Crippen LogP contribution < -0.4 is 4.31 Å². The van der Waals surface area contributed by atoms with E-state index < -0.39 is 0 Å². The van der Waals surface area contributed by atoms with E-state index in [-0.39, 0.29) is 18.4 Å². The van der Waals surface area contributed by atoms with Crippen molar-refractivity contribution >= 4 is 23.7 Å². The first-order valence-electron chi connectivity index (χ1n) is 6.90. The number of allylic oxidation sites excluding steroid dienone is 1. The lowest BCUT2D eigenvalue weighted by Gasteiger charge is -2.21. The fourth-order valence-electron chi connectivity index (χ4n) is 2.68. The van der Waals surface area contributed by atoms with Crippen LogP contribution in [0.5, 0.6) is 0 Å². The molecule has 108 valence electrons. The Kier molecular flexibility index (Phi) is 3.72. The summed E-state index contributed by atoms with van der Waals surface area (Å²) in [5.74, 6) is 0.747. The van der Waals surface area contributed by atoms with Gasteiger partial charge in [-0.1, -0.05) is 42.5 Å². The molecule has 1 aliphatic heterocycles. The molecule has 1 aliphatic rings. The minimum absolute atomic E-state index is 0.0107. The SMILES string of the molecule is C=C(C)c1ccc(C2Cc3ccc(C)nc3N2SF)cc1. The molecule has 1 unspecified atom stereocenters. The third-order valence-corrected chi connectivity index (χ3v) is 4.44. The van der Waals surface area contributed by atoms with Crippen molar-refractivity contribution < 1.29 is 3.89 Å². The summed E-state index contributed by atoms with van der Waals surface area (Å²) in [4.78, 5) is 4.48. The van der Waals surface area contributed by atoms with Crippen LogP contribution in [0.4, 0.5) is 9.70 Å². The van der Waals surface area contributed by atoms with E-state index in [2.05, 4.69) is 23.7 Å². The van der Waals surface area contributed by atoms with E-state index in [0.29, 0.717) is 0 Å². The Balaban J connectivity index is 1.95. The van der Waals surface area contributed by atoms with E-state index in [1.54, 1.807) is 4.31 Å². The van der Waals surface area contributed by atoms with E-state index >= 15 is 0 Å². The van der Waals surface area contributed by atoms with Gasteiger partial charge in [0.15, 0.2) is 12.3 Å². The second-order valence-corrected chi connectivity index (χ2v) is 5.98. The maximum absolute atomic E-state index is 13.4. The first kappa shape index (κ1) is 14.1. The van der Waals surface area contributed by atoms with Crippen molar-refractivity contribution in [3.63, 3.8) is 0 Å². The smallest absolute Gasteiger partial charge is 0.167 e. The molecule has 0 spiro atoms. The molecule has 2 aromatic rings. The molecule has 0 N–H and O–H groups in total. The predicted molar refractivity (Wildman–Crippen MR) is 87.7 cm³/mol. The van der Waals surface area contributed by atoms with Crippen LogP contribution in [0.1, 0.15) is 35.3 Å². The van der Waals surface area contributed by atoms with E-state index in [4.69, 9.17) is 0 Å². The summed E-state index contributed by atoms with van der Waals surface area (Å²) in [5.41, 5.74) is 5.25. The number of nitrogens with zero attached hydrogens (tertiary/aromatic N) is 2. The van der Waals surface area contributed by atoms with Gasteiger partial charge >= 0.3 is 0 Å². The number of fused-ring (bicyclic) bond motifs is 1. The molecule has 2 nitrogen and oxygen atoms in total. The number of aromatic nitrogens is 1. The van der Waals surface area contributed by atoms with Crippen molar-refractivity contribution in [1.82, 2.24) is 4.98 Å². The molecule has 0 amide bonds. The summed E-state index contributed by atoms with van der Waals surface area (Å²) in [6, 6.07) is 12.2. The Morgan fingerprint density at radius 3 is 2.62 bits per heavy atom. The van der Waals surface area contributed by atoms with Gasteiger partial charge in [-0.25, -0.2) is 4.98 Å². The van der Waals surface area contributed by atoms with Crippen LogP contribution in [0.15, 0.2) is 43.0 Å². The number of benzene rings is 1. The molecular weight excluding hydrogens is 283 g/mol. The Hall–Kier alpha value is -1.81. The Bertz CT molecular complexity index is 682. The maximum atomic E-state index is 13.4. The number of aryl methyl sites for hydroxylation is 1. The van der Waals surface area contributed by atoms with Gasteiger partial charge in [-0.05, 0) is 36.6 Å². The standard InChI is InChI=1S/C17H17FN2S/c1-11(2)13-6-8-14(9-7-13)16-10-15-5-4-12(3)19-17(15)20(16)21-18/h4-9,16H,1,10H2,2-3H3. The molecule has 1 atom stereocenters. The highest BCUT2D eigenvalue weighted by atomic mass is 32.2. The second kappa shape index (κ2) is 5.53. The van der Waals surface area contributed by atoms with Gasteiger partial charge in [-0.2, -0.15) is 0 Å². The molecule has 4 heteroatoms. The van der Waals surface area contributed by atoms with Crippen LogP contribution in [0.25, 0.3) is 5.57 Å². The van der Waals surface area contributed by atoms with E-state index in [9.17, 15) is 3.89 Å². The summed E-state index contributed by atoms with van der Waals surface area (Å²) in [7, 11) is 0. The average Bonchev–Trinajstić information content (AvgIpc) is 2.85. The lowest BCUT2D eigenvalue weighted by atomic mass is 10.00. The summed E-state index contributed by atoms with van der Waals surface area (Å²) < 4.78 is 15.1. The number of anilines is 1. The van der Waals surface area contributed by atoms with Gasteiger partial charge in [0, 0.05) is 12.1 Å². The van der Waals surface area contributed by atoms with E-state index in [1.807, 2.05) is 38.1 Å². The molecule has 0 radical (unpaired) electrons. The highest BCUT2D eigenvalue weighted by Crippen LogP contribution is 2.43. The largest absolute Gasteiger partial charge is 0.265 e. The first-order valence-corrected chi connectivity index (χ1v) is 7.58. The molecule has 0 bridgehead atoms. The van der Waals surface area contributed by atoms with E-state index in [0.717, 1.165) is 40.2 Å². The zero-order valence-corrected chi connectivity index (χ0v) is 13.0. The van der Waals surface area contributed by atoms with Gasteiger partial charge in [-0.15, -0.1) is 3.89 Å². The highest BCUT2D eigenvalue weighted by Gasteiger charge is 2.33. The number of rotatable bonds is 3. The summed E-state index contributed by atoms with van der Waals surface area (Å²) in [6.07, 6.45) is 0.784. The van der Waals surface area contributed by atoms with Crippen molar-refractivity contribution in [2.24, 2.45) is 0 Å². The lowest BCUT2D eigenvalue weighted by Crippen LogP contribution is -2.16. The number of halogens is 1. The van der Waals surface area contributed by atoms with Crippen molar-refractivity contribution in [3.05, 3.63) is 65.4 Å². The normalized spacial score (nSPS) is 16.9. The van der Waals surface area contributed by atoms with Crippen LogP contribution in [0.3, 0.4) is 0 Å². The summed E-state index contributed by atoms with van der Waals surface area (Å²) in [6.45, 7) is 7.85. The predicted octanol–water partition coefficient (Wildman–Crippen LogP) is 5.06. The Labute approximate surface area is 129 Å². The fraction of sp³-hybridized carbons (Fsp3) is 0.235. The van der Waals surface area contributed by atoms with Crippen LogP contribution >= 0.6 is 12.3 Å². The lowest BCUT2D eigenvalue weighted by molar-refractivity contribution is 0.761. The number of hydrogen-bond acceptors (Lipinski definition) is 3. The van der Waals surface area contributed by atoms with Gasteiger partial charge < -0.3 is 0 Å². The van der Waals surface area contributed by atoms with Gasteiger partial charge in [0.05, 0.1) is 6.04 Å². The zero-order chi connectivity index (χ0) is 15.0. The second-order valence-electron chi connectivity index (χ2n) is 5.45. The van der Waals surface area contributed by atoms with Crippen LogP contribution in [-0.2, 0) is 6.42 Å². The fourth-order valence-corrected chi connectivity index (χ4v) is 3.20. The summed E-state index contributed by atoms with van der Waals surface area (Å²) >= 11 is 0.251.